The highest BCUT2D eigenvalue weighted by molar-refractivity contribution is 7.80. The molecule has 7 nitrogen and oxygen atoms in total. The minimum absolute atomic E-state index is 0.135. The summed E-state index contributed by atoms with van der Waals surface area (Å²) in [6.07, 6.45) is 4.14. The van der Waals surface area contributed by atoms with Crippen LogP contribution in [0.5, 0.6) is 5.75 Å². The Morgan fingerprint density at radius 2 is 1.92 bits per heavy atom. The van der Waals surface area contributed by atoms with E-state index in [-0.39, 0.29) is 11.4 Å². The van der Waals surface area contributed by atoms with Crippen LogP contribution in [0.4, 0.5) is 0 Å². The van der Waals surface area contributed by atoms with Gasteiger partial charge in [0.2, 0.25) is 5.91 Å². The van der Waals surface area contributed by atoms with Crippen molar-refractivity contribution in [3.63, 3.8) is 0 Å². The summed E-state index contributed by atoms with van der Waals surface area (Å²) in [6, 6.07) is 7.33. The predicted molar refractivity (Wildman–Crippen MR) is 105 cm³/mol. The highest BCUT2D eigenvalue weighted by atomic mass is 32.2. The average molecular weight is 400 g/mol. The number of nitrogens with one attached hydrogen (secondary N) is 2. The van der Waals surface area contributed by atoms with Crippen molar-refractivity contribution in [1.82, 2.24) is 10.6 Å². The lowest BCUT2D eigenvalue weighted by molar-refractivity contribution is -0.119. The molecule has 0 unspecified atom stereocenters. The summed E-state index contributed by atoms with van der Waals surface area (Å²) < 4.78 is 29.0. The van der Waals surface area contributed by atoms with Gasteiger partial charge in [0.05, 0.1) is 19.1 Å². The second kappa shape index (κ2) is 10.9. The molecule has 2 rings (SSSR count). The number of carbonyl (C=O) groups excluding carboxylic acids is 1. The molecule has 0 spiro atoms. The van der Waals surface area contributed by atoms with Gasteiger partial charge in [-0.15, -0.1) is 0 Å². The van der Waals surface area contributed by atoms with Crippen molar-refractivity contribution in [3.8, 4) is 5.75 Å². The Balaban J connectivity index is 0.000000289. The number of rotatable bonds is 6. The molecule has 144 valence electrons. The van der Waals surface area contributed by atoms with E-state index in [4.69, 9.17) is 17.0 Å². The molecule has 1 fully saturated rings. The average Bonchev–Trinajstić information content (AvgIpc) is 3.34. The topological polar surface area (TPSA) is 96.9 Å². The first-order chi connectivity index (χ1) is 12.3. The number of hydrogen-bond acceptors (Lipinski definition) is 6. The predicted octanol–water partition coefficient (Wildman–Crippen LogP) is 2.24. The number of methoxy groups -OCH3 is 1. The normalized spacial score (nSPS) is 13.5. The Labute approximate surface area is 161 Å². The van der Waals surface area contributed by atoms with Gasteiger partial charge in [0, 0.05) is 7.05 Å². The van der Waals surface area contributed by atoms with Crippen LogP contribution >= 0.6 is 12.2 Å². The van der Waals surface area contributed by atoms with Crippen LogP contribution in [0.15, 0.2) is 28.6 Å². The largest absolute Gasteiger partial charge is 0.497 e. The SMILES string of the molecule is CCCC1(N=S(=O)=O)CC1.CNC(=S)NC(=O)Cc1ccc(OC)cc1. The number of benzene rings is 1. The van der Waals surface area contributed by atoms with Crippen molar-refractivity contribution in [3.05, 3.63) is 29.8 Å². The lowest BCUT2D eigenvalue weighted by Gasteiger charge is -2.06. The maximum absolute atomic E-state index is 11.5. The molecule has 1 aliphatic rings. The fraction of sp³-hybridized carbons (Fsp3) is 0.529. The van der Waals surface area contributed by atoms with Crippen LogP contribution in [-0.2, 0) is 21.7 Å². The van der Waals surface area contributed by atoms with Gasteiger partial charge in [-0.2, -0.15) is 12.8 Å². The Hall–Kier alpha value is -2.00. The summed E-state index contributed by atoms with van der Waals surface area (Å²) in [5, 5.41) is 5.57. The zero-order valence-corrected chi connectivity index (χ0v) is 16.9. The van der Waals surface area contributed by atoms with Gasteiger partial charge in [-0.3, -0.25) is 4.79 Å². The van der Waals surface area contributed by atoms with E-state index < -0.39 is 10.5 Å². The van der Waals surface area contributed by atoms with Crippen LogP contribution in [0.3, 0.4) is 0 Å². The molecule has 1 amide bonds. The molecule has 0 atom stereocenters. The monoisotopic (exact) mass is 399 g/mol. The molecule has 0 aliphatic heterocycles. The molecule has 0 bridgehead atoms. The molecule has 1 aromatic rings. The lowest BCUT2D eigenvalue weighted by Crippen LogP contribution is -2.37. The fourth-order valence-electron chi connectivity index (χ4n) is 2.32. The number of nitrogens with zero attached hydrogens (tertiary/aromatic N) is 1. The molecule has 1 aliphatic carbocycles. The molecule has 1 saturated carbocycles. The van der Waals surface area contributed by atoms with Gasteiger partial charge in [0.1, 0.15) is 5.75 Å². The van der Waals surface area contributed by atoms with Crippen molar-refractivity contribution >= 4 is 33.7 Å². The van der Waals surface area contributed by atoms with Crippen LogP contribution in [0, 0.1) is 0 Å². The Morgan fingerprint density at radius 1 is 1.31 bits per heavy atom. The standard InChI is InChI=1S/C11H14N2O2S.C6H11NO2S/c1-12-11(16)13-10(14)7-8-3-5-9(15-2)6-4-8;1-2-3-6(4-5-6)7-10(8)9/h3-6H,7H2,1-2H3,(H2,12,13,14,16);2-5H2,1H3. The molecular weight excluding hydrogens is 374 g/mol. The zero-order valence-electron chi connectivity index (χ0n) is 15.2. The van der Waals surface area contributed by atoms with Gasteiger partial charge < -0.3 is 15.4 Å². The minimum atomic E-state index is -2.20. The molecule has 1 aromatic carbocycles. The van der Waals surface area contributed by atoms with Gasteiger partial charge >= 0.3 is 10.5 Å². The number of thiocarbonyl (C=S) groups is 1. The van der Waals surface area contributed by atoms with Crippen molar-refractivity contribution in [2.75, 3.05) is 14.2 Å². The Morgan fingerprint density at radius 3 is 2.35 bits per heavy atom. The number of ether oxygens (including phenoxy) is 1. The van der Waals surface area contributed by atoms with Crippen molar-refractivity contribution in [1.29, 1.82) is 0 Å². The Kier molecular flexibility index (Phi) is 9.22. The zero-order chi connectivity index (χ0) is 19.6. The first-order valence-electron chi connectivity index (χ1n) is 8.31. The van der Waals surface area contributed by atoms with Crippen molar-refractivity contribution in [2.24, 2.45) is 4.36 Å². The lowest BCUT2D eigenvalue weighted by atomic mass is 10.1. The molecule has 0 radical (unpaired) electrons. The van der Waals surface area contributed by atoms with Gasteiger partial charge in [0.25, 0.3) is 0 Å². The van der Waals surface area contributed by atoms with E-state index in [1.807, 2.05) is 31.2 Å². The molecule has 0 saturated heterocycles. The van der Waals surface area contributed by atoms with Crippen LogP contribution in [0.25, 0.3) is 0 Å². The van der Waals surface area contributed by atoms with Gasteiger partial charge in [-0.1, -0.05) is 25.5 Å². The summed E-state index contributed by atoms with van der Waals surface area (Å²) in [7, 11) is 1.07. The third-order valence-corrected chi connectivity index (χ3v) is 4.66. The van der Waals surface area contributed by atoms with Gasteiger partial charge in [-0.25, -0.2) is 0 Å². The van der Waals surface area contributed by atoms with Crippen molar-refractivity contribution in [2.45, 2.75) is 44.6 Å². The van der Waals surface area contributed by atoms with E-state index in [1.165, 1.54) is 0 Å². The molecule has 26 heavy (non-hydrogen) atoms. The molecule has 9 heteroatoms. The van der Waals surface area contributed by atoms with E-state index in [2.05, 4.69) is 15.0 Å². The van der Waals surface area contributed by atoms with Gasteiger partial charge in [-0.05, 0) is 49.2 Å². The van der Waals surface area contributed by atoms with E-state index >= 15 is 0 Å². The molecular formula is C17H25N3O4S2. The van der Waals surface area contributed by atoms with Gasteiger partial charge in [0.15, 0.2) is 5.11 Å². The van der Waals surface area contributed by atoms with E-state index in [0.29, 0.717) is 11.5 Å². The highest BCUT2D eigenvalue weighted by Crippen LogP contribution is 2.43. The van der Waals surface area contributed by atoms with E-state index in [0.717, 1.165) is 37.0 Å². The third kappa shape index (κ3) is 8.39. The maximum Gasteiger partial charge on any atom is 0.311 e. The molecule has 0 aromatic heterocycles. The third-order valence-electron chi connectivity index (χ3n) is 3.81. The number of amides is 1. The first-order valence-corrected chi connectivity index (χ1v) is 9.75. The second-order valence-electron chi connectivity index (χ2n) is 5.93. The van der Waals surface area contributed by atoms with Crippen LogP contribution < -0.4 is 15.4 Å². The fourth-order valence-corrected chi connectivity index (χ4v) is 3.02. The first kappa shape index (κ1) is 22.0. The summed E-state index contributed by atoms with van der Waals surface area (Å²) in [6.45, 7) is 2.04. The molecule has 0 heterocycles. The van der Waals surface area contributed by atoms with Crippen LogP contribution in [0.1, 0.15) is 38.2 Å². The van der Waals surface area contributed by atoms with Crippen LogP contribution in [0.2, 0.25) is 0 Å². The summed E-state index contributed by atoms with van der Waals surface area (Å²) in [4.78, 5) is 11.5. The smallest absolute Gasteiger partial charge is 0.311 e. The summed E-state index contributed by atoms with van der Waals surface area (Å²) in [5.74, 6) is 0.638. The van der Waals surface area contributed by atoms with Crippen LogP contribution in [-0.4, -0.2) is 39.1 Å². The quantitative estimate of drug-likeness (QED) is 0.712. The van der Waals surface area contributed by atoms with Crippen molar-refractivity contribution < 1.29 is 17.9 Å². The maximum atomic E-state index is 11.5. The Bertz CT molecular complexity index is 734. The number of carbonyl (C=O) groups is 1. The summed E-state index contributed by atoms with van der Waals surface area (Å²) >= 11 is 4.82. The molecule has 2 N–H and O–H groups in total. The second-order valence-corrected chi connectivity index (χ2v) is 6.96. The van der Waals surface area contributed by atoms with E-state index in [1.54, 1.807) is 14.2 Å². The summed E-state index contributed by atoms with van der Waals surface area (Å²) in [5.41, 5.74) is 0.749. The minimum Gasteiger partial charge on any atom is -0.497 e. The van der Waals surface area contributed by atoms with E-state index in [9.17, 15) is 13.2 Å². The number of hydrogen-bond donors (Lipinski definition) is 2. The highest BCUT2D eigenvalue weighted by Gasteiger charge is 2.42.